The van der Waals surface area contributed by atoms with E-state index in [-0.39, 0.29) is 23.4 Å². The molecule has 2 aliphatic rings. The van der Waals surface area contributed by atoms with Gasteiger partial charge in [0, 0.05) is 24.0 Å². The van der Waals surface area contributed by atoms with Gasteiger partial charge in [-0.05, 0) is 55.5 Å². The smallest absolute Gasteiger partial charge is 0.416 e. The topological polar surface area (TPSA) is 73.6 Å². The number of hydrogen-bond donors (Lipinski definition) is 0. The van der Waals surface area contributed by atoms with Gasteiger partial charge in [-0.2, -0.15) is 18.4 Å². The van der Waals surface area contributed by atoms with Gasteiger partial charge in [-0.25, -0.2) is 4.79 Å². The Morgan fingerprint density at radius 2 is 1.78 bits per heavy atom. The Balaban J connectivity index is 1.53. The van der Waals surface area contributed by atoms with E-state index in [0.717, 1.165) is 17.7 Å². The minimum absolute atomic E-state index is 0.0568. The highest BCUT2D eigenvalue weighted by atomic mass is 35.5. The van der Waals surface area contributed by atoms with Gasteiger partial charge in [0.15, 0.2) is 0 Å². The predicted octanol–water partition coefficient (Wildman–Crippen LogP) is 5.35. The number of esters is 1. The van der Waals surface area contributed by atoms with Crippen molar-refractivity contribution in [2.45, 2.75) is 43.9 Å². The summed E-state index contributed by atoms with van der Waals surface area (Å²) in [7, 11) is 1.29. The lowest BCUT2D eigenvalue weighted by atomic mass is 9.93. The molecule has 2 heterocycles. The van der Waals surface area contributed by atoms with Crippen molar-refractivity contribution in [2.75, 3.05) is 25.1 Å². The van der Waals surface area contributed by atoms with Crippen molar-refractivity contribution in [1.29, 1.82) is 5.26 Å². The summed E-state index contributed by atoms with van der Waals surface area (Å²) < 4.78 is 44.1. The van der Waals surface area contributed by atoms with Gasteiger partial charge < -0.3 is 14.5 Å². The van der Waals surface area contributed by atoms with Crippen LogP contribution in [0.5, 0.6) is 0 Å². The molecule has 0 radical (unpaired) electrons. The van der Waals surface area contributed by atoms with E-state index in [1.54, 1.807) is 17.0 Å². The molecule has 2 saturated heterocycles. The summed E-state index contributed by atoms with van der Waals surface area (Å²) in [6.45, 7) is 0.786. The quantitative estimate of drug-likeness (QED) is 0.509. The van der Waals surface area contributed by atoms with E-state index in [0.29, 0.717) is 49.5 Å². The first-order valence-corrected chi connectivity index (χ1v) is 12.0. The molecule has 36 heavy (non-hydrogen) atoms. The van der Waals surface area contributed by atoms with E-state index in [2.05, 4.69) is 0 Å². The maximum atomic E-state index is 13.7. The van der Waals surface area contributed by atoms with E-state index < -0.39 is 23.8 Å². The second-order valence-electron chi connectivity index (χ2n) is 9.00. The highest BCUT2D eigenvalue weighted by Gasteiger charge is 2.45. The fraction of sp³-hybridized carbons (Fsp3) is 0.423. The predicted molar refractivity (Wildman–Crippen MR) is 127 cm³/mol. The lowest BCUT2D eigenvalue weighted by molar-refractivity contribution is -0.154. The molecular formula is C26H25ClF3N3O3. The third kappa shape index (κ3) is 5.00. The van der Waals surface area contributed by atoms with Crippen LogP contribution >= 0.6 is 11.6 Å². The summed E-state index contributed by atoms with van der Waals surface area (Å²) in [6, 6.07) is 11.2. The molecule has 1 amide bonds. The first-order valence-electron chi connectivity index (χ1n) is 11.7. The van der Waals surface area contributed by atoms with Crippen LogP contribution < -0.4 is 4.90 Å². The van der Waals surface area contributed by atoms with E-state index in [1.165, 1.54) is 13.2 Å². The highest BCUT2D eigenvalue weighted by Crippen LogP contribution is 2.41. The molecule has 2 atom stereocenters. The number of methoxy groups -OCH3 is 1. The number of carbonyl (C=O) groups excluding carboxylic acids is 2. The number of ether oxygens (including phenoxy) is 1. The fourth-order valence-electron chi connectivity index (χ4n) is 5.19. The standard InChI is InChI=1S/C26H25ClF3N3O3/c1-36-25(35)23-9-8-22(19-4-2-3-5-20(19)27)33(23)24(34)16-10-12-32(13-11-16)21-7-6-18(26(28,29)30)14-17(21)15-31/h2-7,14,16,22-23H,8-13H2,1H3. The van der Waals surface area contributed by atoms with Gasteiger partial charge in [-0.15, -0.1) is 0 Å². The first kappa shape index (κ1) is 25.8. The molecular weight excluding hydrogens is 495 g/mol. The number of likely N-dealkylation sites (tertiary alicyclic amines) is 1. The van der Waals surface area contributed by atoms with Crippen molar-refractivity contribution in [3.63, 3.8) is 0 Å². The minimum Gasteiger partial charge on any atom is -0.467 e. The number of anilines is 1. The van der Waals surface area contributed by atoms with Crippen LogP contribution in [0.3, 0.4) is 0 Å². The van der Waals surface area contributed by atoms with Gasteiger partial charge in [0.2, 0.25) is 5.91 Å². The molecule has 0 N–H and O–H groups in total. The van der Waals surface area contributed by atoms with Crippen molar-refractivity contribution >= 4 is 29.2 Å². The van der Waals surface area contributed by atoms with E-state index in [4.69, 9.17) is 16.3 Å². The van der Waals surface area contributed by atoms with Crippen LogP contribution in [0.4, 0.5) is 18.9 Å². The molecule has 0 spiro atoms. The van der Waals surface area contributed by atoms with Crippen molar-refractivity contribution in [1.82, 2.24) is 4.90 Å². The molecule has 6 nitrogen and oxygen atoms in total. The number of nitrogens with zero attached hydrogens (tertiary/aromatic N) is 3. The van der Waals surface area contributed by atoms with Gasteiger partial charge in [0.25, 0.3) is 0 Å². The zero-order valence-electron chi connectivity index (χ0n) is 19.6. The third-order valence-corrected chi connectivity index (χ3v) is 7.35. The zero-order valence-corrected chi connectivity index (χ0v) is 20.4. The lowest BCUT2D eigenvalue weighted by Gasteiger charge is -2.38. The molecule has 2 aliphatic heterocycles. The number of halogens is 4. The number of rotatable bonds is 4. The van der Waals surface area contributed by atoms with Gasteiger partial charge in [0.1, 0.15) is 12.1 Å². The van der Waals surface area contributed by atoms with Crippen LogP contribution in [0.15, 0.2) is 42.5 Å². The highest BCUT2D eigenvalue weighted by molar-refractivity contribution is 6.31. The Labute approximate surface area is 212 Å². The summed E-state index contributed by atoms with van der Waals surface area (Å²) >= 11 is 6.42. The van der Waals surface area contributed by atoms with Gasteiger partial charge >= 0.3 is 12.1 Å². The molecule has 0 aliphatic carbocycles. The Kier molecular flexibility index (Phi) is 7.46. The minimum atomic E-state index is -4.53. The van der Waals surface area contributed by atoms with Gasteiger partial charge in [0.05, 0.1) is 30.0 Å². The van der Waals surface area contributed by atoms with Crippen molar-refractivity contribution in [3.05, 3.63) is 64.2 Å². The summed E-state index contributed by atoms with van der Waals surface area (Å²) in [5.74, 6) is -1.02. The number of hydrogen-bond acceptors (Lipinski definition) is 5. The summed E-state index contributed by atoms with van der Waals surface area (Å²) in [4.78, 5) is 29.7. The van der Waals surface area contributed by atoms with Crippen molar-refractivity contribution < 1.29 is 27.5 Å². The molecule has 0 saturated carbocycles. The maximum Gasteiger partial charge on any atom is 0.416 e. The van der Waals surface area contributed by atoms with Crippen LogP contribution in [0.2, 0.25) is 5.02 Å². The average Bonchev–Trinajstić information content (AvgIpc) is 3.32. The first-order chi connectivity index (χ1) is 17.2. The Morgan fingerprint density at radius 1 is 1.08 bits per heavy atom. The van der Waals surface area contributed by atoms with Crippen molar-refractivity contribution in [2.24, 2.45) is 5.92 Å². The SMILES string of the molecule is COC(=O)C1CCC(c2ccccc2Cl)N1C(=O)C1CCN(c2ccc(C(F)(F)F)cc2C#N)CC1. The fourth-order valence-corrected chi connectivity index (χ4v) is 5.45. The lowest BCUT2D eigenvalue weighted by Crippen LogP contribution is -2.48. The number of piperidine rings is 1. The van der Waals surface area contributed by atoms with Crippen LogP contribution in [-0.4, -0.2) is 43.0 Å². The van der Waals surface area contributed by atoms with E-state index in [1.807, 2.05) is 23.1 Å². The zero-order chi connectivity index (χ0) is 26.0. The number of alkyl halides is 3. The third-order valence-electron chi connectivity index (χ3n) is 7.01. The maximum absolute atomic E-state index is 13.7. The van der Waals surface area contributed by atoms with Crippen LogP contribution in [0, 0.1) is 17.2 Å². The molecule has 2 aromatic rings. The van der Waals surface area contributed by atoms with Crippen LogP contribution in [0.1, 0.15) is 48.4 Å². The molecule has 2 fully saturated rings. The van der Waals surface area contributed by atoms with Gasteiger partial charge in [-0.3, -0.25) is 4.79 Å². The van der Waals surface area contributed by atoms with E-state index in [9.17, 15) is 28.0 Å². The number of nitriles is 1. The summed E-state index contributed by atoms with van der Waals surface area (Å²) in [6.07, 6.45) is -2.63. The average molecular weight is 520 g/mol. The Morgan fingerprint density at radius 3 is 2.39 bits per heavy atom. The number of benzene rings is 2. The Bertz CT molecular complexity index is 1190. The molecule has 0 bridgehead atoms. The van der Waals surface area contributed by atoms with E-state index >= 15 is 0 Å². The molecule has 190 valence electrons. The second-order valence-corrected chi connectivity index (χ2v) is 9.41. The second kappa shape index (κ2) is 10.4. The number of amides is 1. The van der Waals surface area contributed by atoms with Crippen molar-refractivity contribution in [3.8, 4) is 6.07 Å². The largest absolute Gasteiger partial charge is 0.467 e. The van der Waals surface area contributed by atoms with Gasteiger partial charge in [-0.1, -0.05) is 29.8 Å². The van der Waals surface area contributed by atoms with Crippen LogP contribution in [-0.2, 0) is 20.5 Å². The molecule has 4 rings (SSSR count). The number of carbonyl (C=O) groups is 2. The molecule has 2 aromatic carbocycles. The Hall–Kier alpha value is -3.25. The summed E-state index contributed by atoms with van der Waals surface area (Å²) in [5, 5.41) is 9.95. The normalized spacial score (nSPS) is 20.8. The molecule has 2 unspecified atom stereocenters. The molecule has 10 heteroatoms. The summed E-state index contributed by atoms with van der Waals surface area (Å²) in [5.41, 5.74) is 0.263. The monoisotopic (exact) mass is 519 g/mol. The van der Waals surface area contributed by atoms with Crippen LogP contribution in [0.25, 0.3) is 0 Å². The molecule has 0 aromatic heterocycles.